The number of guanidine groups is 1. The van der Waals surface area contributed by atoms with Crippen LogP contribution in [0.5, 0.6) is 0 Å². The number of nitrogens with one attached hydrogen (secondary N) is 6. The molecule has 1 fully saturated rings. The SMILES string of the molecule is CC(C)[C@@H](CCNC(NCC[C@@H](NC(=S)Nc1cc(C(F)(F)F)cc(C(F)(F)F)c1)C(C)C)=[N+]1CCCCC1)NC(=S)Nc1cc(C(F)(F)F)cc(C(F)(F)F)c1.[Cl-]. The van der Waals surface area contributed by atoms with E-state index in [4.69, 9.17) is 24.4 Å². The summed E-state index contributed by atoms with van der Waals surface area (Å²) >= 11 is 10.6. The second-order valence-corrected chi connectivity index (χ2v) is 15.1. The molecule has 0 saturated carbocycles. The third-order valence-corrected chi connectivity index (χ3v) is 9.54. The second-order valence-electron chi connectivity index (χ2n) is 14.3. The number of piperidine rings is 1. The van der Waals surface area contributed by atoms with Crippen LogP contribution in [0.4, 0.5) is 64.1 Å². The minimum absolute atomic E-state index is 0. The summed E-state index contributed by atoms with van der Waals surface area (Å²) in [6.45, 7) is 9.78. The monoisotopic (exact) mass is 903 g/mol. The number of hydrogen-bond acceptors (Lipinski definition) is 2. The highest BCUT2D eigenvalue weighted by Crippen LogP contribution is 2.39. The van der Waals surface area contributed by atoms with E-state index in [1.165, 1.54) is 0 Å². The summed E-state index contributed by atoms with van der Waals surface area (Å²) in [7, 11) is 0. The van der Waals surface area contributed by atoms with Gasteiger partial charge in [-0.05, 0) is 105 Å². The van der Waals surface area contributed by atoms with Gasteiger partial charge in [0.15, 0.2) is 10.2 Å². The summed E-state index contributed by atoms with van der Waals surface area (Å²) in [6.07, 6.45) is -16.3. The second kappa shape index (κ2) is 21.2. The third kappa shape index (κ3) is 16.3. The molecule has 22 heteroatoms. The van der Waals surface area contributed by atoms with Gasteiger partial charge in [0.05, 0.1) is 48.4 Å². The van der Waals surface area contributed by atoms with E-state index in [1.54, 1.807) is 0 Å². The Hall–Kier alpha value is -3.46. The molecule has 7 nitrogen and oxygen atoms in total. The maximum absolute atomic E-state index is 13.4. The Morgan fingerprint density at radius 3 is 1.14 bits per heavy atom. The van der Waals surface area contributed by atoms with Crippen molar-refractivity contribution in [2.45, 2.75) is 96.6 Å². The molecular formula is C36H46ClF12N7S2. The molecule has 1 aliphatic heterocycles. The molecule has 0 aromatic heterocycles. The number of rotatable bonds is 12. The summed E-state index contributed by atoms with van der Waals surface area (Å²) in [6, 6.07) is 1.56. The number of halogens is 13. The fourth-order valence-electron chi connectivity index (χ4n) is 5.97. The first kappa shape index (κ1) is 50.7. The van der Waals surface area contributed by atoms with Crippen molar-refractivity contribution in [3.05, 3.63) is 58.7 Å². The van der Waals surface area contributed by atoms with Gasteiger partial charge in [-0.2, -0.15) is 52.7 Å². The maximum Gasteiger partial charge on any atom is 0.416 e. The quantitative estimate of drug-likeness (QED) is 0.0617. The zero-order chi connectivity index (χ0) is 42.9. The van der Waals surface area contributed by atoms with Gasteiger partial charge >= 0.3 is 30.7 Å². The number of thiocarbonyl (C=S) groups is 2. The average molecular weight is 904 g/mol. The van der Waals surface area contributed by atoms with Crippen LogP contribution in [0.1, 0.15) is 82.1 Å². The summed E-state index contributed by atoms with van der Waals surface area (Å²) in [5, 5.41) is 17.4. The number of nitrogens with zero attached hydrogens (tertiary/aromatic N) is 1. The largest absolute Gasteiger partial charge is 1.00 e. The van der Waals surface area contributed by atoms with Crippen molar-refractivity contribution in [2.24, 2.45) is 11.8 Å². The molecule has 1 saturated heterocycles. The van der Waals surface area contributed by atoms with Crippen molar-refractivity contribution in [1.29, 1.82) is 0 Å². The summed E-state index contributed by atoms with van der Waals surface area (Å²) in [5.41, 5.74) is -6.86. The Labute approximate surface area is 346 Å². The third-order valence-electron chi connectivity index (χ3n) is 9.10. The number of benzene rings is 2. The molecule has 0 aliphatic carbocycles. The van der Waals surface area contributed by atoms with Crippen LogP contribution < -0.4 is 44.3 Å². The van der Waals surface area contributed by atoms with Crippen molar-refractivity contribution in [2.75, 3.05) is 36.8 Å². The van der Waals surface area contributed by atoms with Crippen molar-refractivity contribution in [3.63, 3.8) is 0 Å². The van der Waals surface area contributed by atoms with Crippen molar-refractivity contribution < 1.29 is 69.7 Å². The van der Waals surface area contributed by atoms with E-state index < -0.39 is 58.3 Å². The lowest BCUT2D eigenvalue weighted by atomic mass is 10.0. The lowest BCUT2D eigenvalue weighted by Gasteiger charge is -2.26. The number of alkyl halides is 12. The average Bonchev–Trinajstić information content (AvgIpc) is 3.08. The van der Waals surface area contributed by atoms with Crippen LogP contribution in [0.15, 0.2) is 36.4 Å². The van der Waals surface area contributed by atoms with Crippen LogP contribution in [0.3, 0.4) is 0 Å². The lowest BCUT2D eigenvalue weighted by molar-refractivity contribution is -0.541. The zero-order valence-electron chi connectivity index (χ0n) is 31.8. The molecule has 0 amide bonds. The Morgan fingerprint density at radius 2 is 0.862 bits per heavy atom. The van der Waals surface area contributed by atoms with Gasteiger partial charge in [-0.25, -0.2) is 0 Å². The van der Waals surface area contributed by atoms with Crippen LogP contribution >= 0.6 is 24.4 Å². The summed E-state index contributed by atoms with van der Waals surface area (Å²) in [4.78, 5) is 0. The smallest absolute Gasteiger partial charge is 0.416 e. The Kier molecular flexibility index (Phi) is 18.5. The predicted molar refractivity (Wildman–Crippen MR) is 203 cm³/mol. The lowest BCUT2D eigenvalue weighted by Crippen LogP contribution is -3.00. The molecule has 2 aromatic carbocycles. The Balaban J connectivity index is 0.0000116. The Bertz CT molecular complexity index is 1530. The van der Waals surface area contributed by atoms with Gasteiger partial charge in [0, 0.05) is 23.5 Å². The van der Waals surface area contributed by atoms with E-state index in [1.807, 2.05) is 27.7 Å². The van der Waals surface area contributed by atoms with Gasteiger partial charge in [0.1, 0.15) is 0 Å². The predicted octanol–water partition coefficient (Wildman–Crippen LogP) is 6.60. The normalized spacial score (nSPS) is 15.0. The summed E-state index contributed by atoms with van der Waals surface area (Å²) < 4.78 is 162. The molecule has 2 atom stereocenters. The van der Waals surface area contributed by atoms with Crippen LogP contribution in [-0.4, -0.2) is 59.0 Å². The first-order valence-electron chi connectivity index (χ1n) is 18.1. The molecule has 0 unspecified atom stereocenters. The van der Waals surface area contributed by atoms with Crippen LogP contribution in [0, 0.1) is 11.8 Å². The van der Waals surface area contributed by atoms with Crippen molar-refractivity contribution in [3.8, 4) is 0 Å². The molecule has 0 bridgehead atoms. The minimum atomic E-state index is -5.02. The Morgan fingerprint density at radius 1 is 0.552 bits per heavy atom. The fraction of sp³-hybridized carbons (Fsp3) is 0.583. The molecule has 6 N–H and O–H groups in total. The molecule has 1 aliphatic rings. The van der Waals surface area contributed by atoms with Gasteiger partial charge in [0.2, 0.25) is 0 Å². The van der Waals surface area contributed by atoms with Gasteiger partial charge in [-0.1, -0.05) is 27.7 Å². The van der Waals surface area contributed by atoms with Crippen molar-refractivity contribution in [1.82, 2.24) is 21.3 Å². The molecule has 3 rings (SSSR count). The van der Waals surface area contributed by atoms with E-state index in [0.717, 1.165) is 32.4 Å². The molecular weight excluding hydrogens is 858 g/mol. The van der Waals surface area contributed by atoms with Crippen molar-refractivity contribution >= 4 is 52.0 Å². The van der Waals surface area contributed by atoms with E-state index >= 15 is 0 Å². The van der Waals surface area contributed by atoms with E-state index in [-0.39, 0.29) is 58.7 Å². The van der Waals surface area contributed by atoms with Gasteiger partial charge < -0.3 is 33.7 Å². The molecule has 58 heavy (non-hydrogen) atoms. The molecule has 0 radical (unpaired) electrons. The topological polar surface area (TPSA) is 75.2 Å². The maximum atomic E-state index is 13.4. The fourth-order valence-corrected chi connectivity index (χ4v) is 6.50. The van der Waals surface area contributed by atoms with Crippen LogP contribution in [0.25, 0.3) is 0 Å². The zero-order valence-corrected chi connectivity index (χ0v) is 34.2. The van der Waals surface area contributed by atoms with Gasteiger partial charge in [-0.15, -0.1) is 0 Å². The van der Waals surface area contributed by atoms with Crippen LogP contribution in [0.2, 0.25) is 0 Å². The highest BCUT2D eigenvalue weighted by molar-refractivity contribution is 7.80. The molecule has 1 heterocycles. The highest BCUT2D eigenvalue weighted by atomic mass is 35.5. The first-order valence-corrected chi connectivity index (χ1v) is 18.9. The summed E-state index contributed by atoms with van der Waals surface area (Å²) in [5.74, 6) is 0.599. The van der Waals surface area contributed by atoms with E-state index in [2.05, 4.69) is 36.5 Å². The molecule has 2 aromatic rings. The number of anilines is 2. The van der Waals surface area contributed by atoms with E-state index in [0.29, 0.717) is 56.2 Å². The minimum Gasteiger partial charge on any atom is -1.00 e. The van der Waals surface area contributed by atoms with Gasteiger partial charge in [-0.3, -0.25) is 15.2 Å². The molecule has 328 valence electrons. The van der Waals surface area contributed by atoms with Gasteiger partial charge in [0.25, 0.3) is 0 Å². The number of hydrogen-bond donors (Lipinski definition) is 6. The first-order chi connectivity index (χ1) is 26.2. The van der Waals surface area contributed by atoms with E-state index in [9.17, 15) is 52.7 Å². The standard InChI is InChI=1S/C36H45F12N7S2.ClH/c1-20(2)28(53-31(56)51-26-16-22(33(37,38)39)14-23(17-26)34(40,41)42)8-10-49-30(55-12-6-5-7-13-55)50-11-9-29(21(3)4)54-32(57)52-27-18-24(35(43,44)45)15-25(19-27)36(46,47)48;/h14-21,28-29H,5-13H2,1-4H3,(H5,49,50,51,52,53,54,56,57);1H/t28-,29-;/m1./s1. The molecule has 0 spiro atoms. The highest BCUT2D eigenvalue weighted by Gasteiger charge is 2.38. The van der Waals surface area contributed by atoms with Crippen LogP contribution in [-0.2, 0) is 24.7 Å².